The predicted octanol–water partition coefficient (Wildman–Crippen LogP) is 3.48. The number of likely N-dealkylation sites (tertiary alicyclic amines) is 1. The number of hydrogen-bond acceptors (Lipinski definition) is 10. The average Bonchev–Trinajstić information content (AvgIpc) is 3.53. The maximum absolute atomic E-state index is 13.9. The van der Waals surface area contributed by atoms with Crippen LogP contribution < -0.4 is 10.6 Å². The number of carboxylic acids is 1. The molecule has 1 aromatic carbocycles. The molecule has 3 aliphatic rings. The van der Waals surface area contributed by atoms with Crippen LogP contribution in [0, 0.1) is 5.92 Å². The largest absolute Gasteiger partial charge is 0.473 e. The molecular formula is C33H48N4O8S2. The molecule has 12 nitrogen and oxygen atoms in total. The lowest BCUT2D eigenvalue weighted by molar-refractivity contribution is -0.170. The van der Waals surface area contributed by atoms with E-state index < -0.39 is 59.7 Å². The van der Waals surface area contributed by atoms with E-state index in [9.17, 15) is 29.1 Å². The van der Waals surface area contributed by atoms with Crippen LogP contribution in [0.1, 0.15) is 64.9 Å². The number of rotatable bonds is 11. The van der Waals surface area contributed by atoms with Crippen LogP contribution in [0.4, 0.5) is 4.79 Å². The highest BCUT2D eigenvalue weighted by atomic mass is 32.2. The topological polar surface area (TPSA) is 155 Å². The van der Waals surface area contributed by atoms with Crippen molar-refractivity contribution in [3.05, 3.63) is 35.9 Å². The van der Waals surface area contributed by atoms with E-state index in [4.69, 9.17) is 9.47 Å². The van der Waals surface area contributed by atoms with Crippen LogP contribution in [-0.4, -0.2) is 111 Å². The van der Waals surface area contributed by atoms with E-state index in [2.05, 4.69) is 15.5 Å². The monoisotopic (exact) mass is 692 g/mol. The number of carboxylic acid groups (broad SMARTS) is 1. The third kappa shape index (κ3) is 11.6. The van der Waals surface area contributed by atoms with E-state index in [1.807, 2.05) is 30.3 Å². The summed E-state index contributed by atoms with van der Waals surface area (Å²) in [5.41, 5.74) is 0.336. The standard InChI is InChI=1S/C33H48N4O8S2/c1-33(2,3)45-32(43)37-21-47-20-26(37)29(39)35-25(19-46-18-23-12-8-5-9-13-23)28(38)34-24-14-15-36(16-22-10-6-4-7-11-22)17-27(24)44-31(42)30(40)41/h4,6-7,10-11,23-27H,5,8-9,12-21H2,1-3H3,(H,34,38)(H,35,39)(H,40,41)/t24?,25-,26-,27?/m0/s1. The van der Waals surface area contributed by atoms with Gasteiger partial charge in [-0.1, -0.05) is 49.6 Å². The van der Waals surface area contributed by atoms with Gasteiger partial charge in [0, 0.05) is 31.1 Å². The maximum atomic E-state index is 13.9. The Morgan fingerprint density at radius 3 is 2.47 bits per heavy atom. The van der Waals surface area contributed by atoms with Crippen molar-refractivity contribution in [2.75, 3.05) is 36.2 Å². The number of nitrogens with one attached hydrogen (secondary N) is 2. The van der Waals surface area contributed by atoms with Crippen LogP contribution in [0.2, 0.25) is 0 Å². The second kappa shape index (κ2) is 17.4. The van der Waals surface area contributed by atoms with Gasteiger partial charge >= 0.3 is 18.0 Å². The molecular weight excluding hydrogens is 645 g/mol. The molecule has 2 unspecified atom stereocenters. The van der Waals surface area contributed by atoms with E-state index in [0.717, 1.165) is 24.2 Å². The molecule has 4 rings (SSSR count). The van der Waals surface area contributed by atoms with Crippen molar-refractivity contribution in [1.29, 1.82) is 0 Å². The first-order valence-corrected chi connectivity index (χ1v) is 18.7. The molecule has 3 amide bonds. The summed E-state index contributed by atoms with van der Waals surface area (Å²) in [7, 11) is 0. The van der Waals surface area contributed by atoms with Crippen LogP contribution >= 0.6 is 23.5 Å². The first-order valence-electron chi connectivity index (χ1n) is 16.4. The molecule has 1 aromatic rings. The summed E-state index contributed by atoms with van der Waals surface area (Å²) < 4.78 is 10.9. The van der Waals surface area contributed by atoms with Gasteiger partial charge in [-0.2, -0.15) is 11.8 Å². The Morgan fingerprint density at radius 1 is 1.06 bits per heavy atom. The van der Waals surface area contributed by atoms with Crippen LogP contribution in [0.5, 0.6) is 0 Å². The quantitative estimate of drug-likeness (QED) is 0.231. The van der Waals surface area contributed by atoms with Crippen molar-refractivity contribution in [2.24, 2.45) is 5.92 Å². The fraction of sp³-hybridized carbons (Fsp3) is 0.667. The number of ether oxygens (including phenoxy) is 2. The van der Waals surface area contributed by atoms with Gasteiger partial charge in [-0.05, 0) is 57.3 Å². The first kappa shape index (κ1) is 36.9. The van der Waals surface area contributed by atoms with Crippen LogP contribution in [0.15, 0.2) is 30.3 Å². The number of thioether (sulfide) groups is 2. The first-order chi connectivity index (χ1) is 22.4. The predicted molar refractivity (Wildman–Crippen MR) is 181 cm³/mol. The highest BCUT2D eigenvalue weighted by Gasteiger charge is 2.40. The third-order valence-corrected chi connectivity index (χ3v) is 10.8. The van der Waals surface area contributed by atoms with Gasteiger partial charge < -0.3 is 25.2 Å². The van der Waals surface area contributed by atoms with Gasteiger partial charge in [0.25, 0.3) is 0 Å². The zero-order valence-electron chi connectivity index (χ0n) is 27.5. The van der Waals surface area contributed by atoms with Gasteiger partial charge in [0.2, 0.25) is 11.8 Å². The summed E-state index contributed by atoms with van der Waals surface area (Å²) in [6, 6.07) is 7.39. The number of esters is 1. The SMILES string of the molecule is CC(C)(C)OC(=O)N1CSC[C@H]1C(=O)N[C@@H](CSCC1CCCCC1)C(=O)NC1CCN(Cc2ccccc2)CC1OC(=O)C(=O)O. The third-order valence-electron chi connectivity index (χ3n) is 8.46. The molecule has 4 atom stereocenters. The number of carbonyl (C=O) groups is 5. The zero-order chi connectivity index (χ0) is 34.0. The molecule has 2 heterocycles. The van der Waals surface area contributed by atoms with Crippen molar-refractivity contribution in [3.63, 3.8) is 0 Å². The fourth-order valence-electron chi connectivity index (χ4n) is 6.04. The minimum absolute atomic E-state index is 0.233. The van der Waals surface area contributed by atoms with Gasteiger partial charge in [0.1, 0.15) is 23.8 Å². The van der Waals surface area contributed by atoms with Gasteiger partial charge in [-0.15, -0.1) is 11.8 Å². The van der Waals surface area contributed by atoms with E-state index in [-0.39, 0.29) is 6.54 Å². The number of amides is 3. The number of aliphatic carboxylic acids is 1. The molecule has 0 bridgehead atoms. The van der Waals surface area contributed by atoms with Crippen LogP contribution in [0.25, 0.3) is 0 Å². The van der Waals surface area contributed by atoms with Gasteiger partial charge in [-0.3, -0.25) is 19.4 Å². The Kier molecular flexibility index (Phi) is 13.7. The van der Waals surface area contributed by atoms with Gasteiger partial charge in [-0.25, -0.2) is 14.4 Å². The van der Waals surface area contributed by atoms with Gasteiger partial charge in [0.15, 0.2) is 0 Å². The number of carbonyl (C=O) groups excluding carboxylic acids is 4. The molecule has 2 saturated heterocycles. The van der Waals surface area contributed by atoms with E-state index in [1.165, 1.54) is 35.9 Å². The molecule has 260 valence electrons. The molecule has 3 fully saturated rings. The Bertz CT molecular complexity index is 1240. The van der Waals surface area contributed by atoms with Crippen molar-refractivity contribution in [2.45, 2.75) is 95.7 Å². The van der Waals surface area contributed by atoms with Crippen LogP contribution in [0.3, 0.4) is 0 Å². The number of hydrogen-bond donors (Lipinski definition) is 3. The summed E-state index contributed by atoms with van der Waals surface area (Å²) in [5, 5.41) is 15.1. The van der Waals surface area contributed by atoms with Crippen molar-refractivity contribution in [1.82, 2.24) is 20.4 Å². The number of nitrogens with zero attached hydrogens (tertiary/aromatic N) is 2. The molecule has 0 spiro atoms. The normalized spacial score (nSPS) is 23.0. The highest BCUT2D eigenvalue weighted by molar-refractivity contribution is 7.99. The maximum Gasteiger partial charge on any atom is 0.417 e. The summed E-state index contributed by atoms with van der Waals surface area (Å²) >= 11 is 3.06. The van der Waals surface area contributed by atoms with Crippen molar-refractivity contribution in [3.8, 4) is 0 Å². The Morgan fingerprint density at radius 2 is 1.79 bits per heavy atom. The molecule has 3 N–H and O–H groups in total. The fourth-order valence-corrected chi connectivity index (χ4v) is 8.45. The summed E-state index contributed by atoms with van der Waals surface area (Å²) in [6.45, 7) is 6.68. The summed E-state index contributed by atoms with van der Waals surface area (Å²) in [5.74, 6) is -1.52. The Hall–Kier alpha value is -2.97. The average molecular weight is 693 g/mol. The molecule has 2 aliphatic heterocycles. The zero-order valence-corrected chi connectivity index (χ0v) is 29.1. The molecule has 47 heavy (non-hydrogen) atoms. The highest BCUT2D eigenvalue weighted by Crippen LogP contribution is 2.28. The Labute approximate surface area is 285 Å². The minimum atomic E-state index is -1.71. The Balaban J connectivity index is 1.45. The summed E-state index contributed by atoms with van der Waals surface area (Å²) in [4.78, 5) is 67.3. The second-order valence-electron chi connectivity index (χ2n) is 13.4. The molecule has 1 aliphatic carbocycles. The number of piperidine rings is 1. The second-order valence-corrected chi connectivity index (χ2v) is 15.5. The molecule has 1 saturated carbocycles. The van der Waals surface area contributed by atoms with Crippen molar-refractivity contribution >= 4 is 53.4 Å². The lowest BCUT2D eigenvalue weighted by Gasteiger charge is -2.38. The van der Waals surface area contributed by atoms with E-state index in [0.29, 0.717) is 42.8 Å². The molecule has 14 heteroatoms. The number of benzene rings is 1. The smallest absolute Gasteiger partial charge is 0.417 e. The molecule has 0 radical (unpaired) electrons. The van der Waals surface area contributed by atoms with Crippen molar-refractivity contribution < 1.29 is 38.6 Å². The van der Waals surface area contributed by atoms with Gasteiger partial charge in [0.05, 0.1) is 11.9 Å². The lowest BCUT2D eigenvalue weighted by Crippen LogP contribution is -2.60. The van der Waals surface area contributed by atoms with E-state index >= 15 is 0 Å². The molecule has 0 aromatic heterocycles. The summed E-state index contributed by atoms with van der Waals surface area (Å²) in [6.07, 6.45) is 4.87. The van der Waals surface area contributed by atoms with E-state index in [1.54, 1.807) is 32.5 Å². The van der Waals surface area contributed by atoms with Crippen LogP contribution in [-0.2, 0) is 35.2 Å². The lowest BCUT2D eigenvalue weighted by atomic mass is 9.91. The minimum Gasteiger partial charge on any atom is -0.473 e.